The molecule has 0 saturated heterocycles. The number of nitrogens with one attached hydrogen (secondary N) is 1. The smallest absolute Gasteiger partial charge is 0.307 e. The molecular formula is C26H26N2O4. The molecule has 1 amide bonds. The molecular weight excluding hydrogens is 404 g/mol. The number of carbonyl (C=O) groups excluding carboxylic acids is 1. The van der Waals surface area contributed by atoms with Crippen molar-refractivity contribution in [3.05, 3.63) is 72.0 Å². The van der Waals surface area contributed by atoms with Gasteiger partial charge in [-0.2, -0.15) is 5.10 Å². The zero-order valence-electron chi connectivity index (χ0n) is 18.4. The van der Waals surface area contributed by atoms with E-state index in [1.165, 1.54) is 0 Å². The summed E-state index contributed by atoms with van der Waals surface area (Å²) in [6.07, 6.45) is 2.55. The van der Waals surface area contributed by atoms with Gasteiger partial charge >= 0.3 is 5.91 Å². The second-order valence-corrected chi connectivity index (χ2v) is 7.48. The van der Waals surface area contributed by atoms with Gasteiger partial charge in [-0.25, -0.2) is 5.43 Å². The minimum Gasteiger partial charge on any atom is -0.490 e. The number of fused-ring (bicyclic) bond motifs is 3. The number of carbonyl (C=O) groups is 1. The number of ether oxygens (including phenoxy) is 2. The summed E-state index contributed by atoms with van der Waals surface area (Å²) in [6.45, 7) is 6.53. The highest BCUT2D eigenvalue weighted by Crippen LogP contribution is 2.30. The quantitative estimate of drug-likeness (QED) is 0.278. The van der Waals surface area contributed by atoms with Gasteiger partial charge in [0.25, 0.3) is 0 Å². The first kappa shape index (κ1) is 21.4. The highest BCUT2D eigenvalue weighted by atomic mass is 16.5. The van der Waals surface area contributed by atoms with Crippen molar-refractivity contribution >= 4 is 33.9 Å². The topological polar surface area (TPSA) is 73.1 Å². The Balaban J connectivity index is 1.49. The first-order chi connectivity index (χ1) is 15.6. The fraction of sp³-hybridized carbons (Fsp3) is 0.231. The van der Waals surface area contributed by atoms with E-state index in [4.69, 9.17) is 13.9 Å². The molecule has 4 rings (SSSR count). The lowest BCUT2D eigenvalue weighted by molar-refractivity contribution is 0.0929. The van der Waals surface area contributed by atoms with E-state index in [-0.39, 0.29) is 11.9 Å². The fourth-order valence-electron chi connectivity index (χ4n) is 3.40. The SMILES string of the molecule is CCOc1cc(C=NNC(=O)c2cc3c(ccc4ccccc43)o2)ccc1OC(C)CC. The van der Waals surface area contributed by atoms with Crippen molar-refractivity contribution < 1.29 is 18.7 Å². The standard InChI is InChI=1S/C26H26N2O4/c1-4-17(3)31-23-12-10-18(14-24(23)30-5-2)16-27-28-26(29)25-15-21-20-9-7-6-8-19(20)11-13-22(21)32-25/h6-17H,4-5H2,1-3H3,(H,28,29). The molecule has 0 aliphatic carbocycles. The molecule has 164 valence electrons. The third-order valence-corrected chi connectivity index (χ3v) is 5.20. The van der Waals surface area contributed by atoms with Gasteiger partial charge in [0.15, 0.2) is 17.3 Å². The van der Waals surface area contributed by atoms with Crippen molar-refractivity contribution in [3.8, 4) is 11.5 Å². The van der Waals surface area contributed by atoms with Crippen LogP contribution in [0.4, 0.5) is 0 Å². The van der Waals surface area contributed by atoms with Gasteiger partial charge in [0.1, 0.15) is 5.58 Å². The maximum Gasteiger partial charge on any atom is 0.307 e. The number of benzene rings is 3. The number of nitrogens with zero attached hydrogens (tertiary/aromatic N) is 1. The molecule has 32 heavy (non-hydrogen) atoms. The highest BCUT2D eigenvalue weighted by Gasteiger charge is 2.14. The molecule has 0 fully saturated rings. The molecule has 0 bridgehead atoms. The Labute approximate surface area is 186 Å². The van der Waals surface area contributed by atoms with Gasteiger partial charge in [-0.3, -0.25) is 4.79 Å². The van der Waals surface area contributed by atoms with Gasteiger partial charge in [0, 0.05) is 5.39 Å². The van der Waals surface area contributed by atoms with Crippen LogP contribution >= 0.6 is 0 Å². The monoisotopic (exact) mass is 430 g/mol. The molecule has 1 unspecified atom stereocenters. The van der Waals surface area contributed by atoms with Gasteiger partial charge in [-0.15, -0.1) is 0 Å². The Morgan fingerprint density at radius 3 is 2.72 bits per heavy atom. The zero-order chi connectivity index (χ0) is 22.5. The Bertz CT molecular complexity index is 1280. The van der Waals surface area contributed by atoms with E-state index in [2.05, 4.69) is 17.5 Å². The van der Waals surface area contributed by atoms with E-state index in [0.29, 0.717) is 23.7 Å². The lowest BCUT2D eigenvalue weighted by atomic mass is 10.1. The van der Waals surface area contributed by atoms with Crippen LogP contribution in [-0.2, 0) is 0 Å². The zero-order valence-corrected chi connectivity index (χ0v) is 18.4. The second kappa shape index (κ2) is 9.56. The van der Waals surface area contributed by atoms with Crippen LogP contribution in [0.2, 0.25) is 0 Å². The lowest BCUT2D eigenvalue weighted by Crippen LogP contribution is -2.16. The van der Waals surface area contributed by atoms with Crippen molar-refractivity contribution in [1.82, 2.24) is 5.43 Å². The third-order valence-electron chi connectivity index (χ3n) is 5.20. The molecule has 4 aromatic rings. The summed E-state index contributed by atoms with van der Waals surface area (Å²) in [5.41, 5.74) is 3.97. The van der Waals surface area contributed by atoms with Crippen LogP contribution in [-0.4, -0.2) is 24.8 Å². The molecule has 0 radical (unpaired) electrons. The molecule has 1 atom stereocenters. The Morgan fingerprint density at radius 1 is 1.06 bits per heavy atom. The van der Waals surface area contributed by atoms with Gasteiger partial charge in [-0.1, -0.05) is 37.3 Å². The van der Waals surface area contributed by atoms with E-state index in [1.54, 1.807) is 12.3 Å². The molecule has 0 saturated carbocycles. The maximum atomic E-state index is 12.6. The van der Waals surface area contributed by atoms with E-state index in [0.717, 1.165) is 28.1 Å². The maximum absolute atomic E-state index is 12.6. The van der Waals surface area contributed by atoms with E-state index < -0.39 is 5.91 Å². The lowest BCUT2D eigenvalue weighted by Gasteiger charge is -2.16. The first-order valence-corrected chi connectivity index (χ1v) is 10.8. The van der Waals surface area contributed by atoms with E-state index in [1.807, 2.05) is 68.4 Å². The Hall–Kier alpha value is -3.80. The van der Waals surface area contributed by atoms with Crippen LogP contribution in [0.25, 0.3) is 21.7 Å². The number of hydrogen-bond donors (Lipinski definition) is 1. The van der Waals surface area contributed by atoms with Gasteiger partial charge in [0.05, 0.1) is 18.9 Å². The summed E-state index contributed by atoms with van der Waals surface area (Å²) in [5.74, 6) is 1.13. The third kappa shape index (κ3) is 4.59. The van der Waals surface area contributed by atoms with Crippen LogP contribution < -0.4 is 14.9 Å². The van der Waals surface area contributed by atoms with Crippen molar-refractivity contribution in [3.63, 3.8) is 0 Å². The molecule has 6 nitrogen and oxygen atoms in total. The minimum atomic E-state index is -0.414. The van der Waals surface area contributed by atoms with Crippen LogP contribution in [0.1, 0.15) is 43.3 Å². The van der Waals surface area contributed by atoms with Crippen LogP contribution in [0.5, 0.6) is 11.5 Å². The van der Waals surface area contributed by atoms with Crippen LogP contribution in [0, 0.1) is 0 Å². The summed E-state index contributed by atoms with van der Waals surface area (Å²) in [7, 11) is 0. The molecule has 0 aliphatic rings. The molecule has 0 aliphatic heterocycles. The Kier molecular flexibility index (Phi) is 6.40. The second-order valence-electron chi connectivity index (χ2n) is 7.48. The van der Waals surface area contributed by atoms with Gasteiger partial charge in [-0.05, 0) is 66.9 Å². The largest absolute Gasteiger partial charge is 0.490 e. The summed E-state index contributed by atoms with van der Waals surface area (Å²) in [6, 6.07) is 19.1. The van der Waals surface area contributed by atoms with Crippen molar-refractivity contribution in [2.24, 2.45) is 5.10 Å². The normalized spacial score (nSPS) is 12.3. The average Bonchev–Trinajstić information content (AvgIpc) is 3.26. The molecule has 3 aromatic carbocycles. The minimum absolute atomic E-state index is 0.0916. The predicted molar refractivity (Wildman–Crippen MR) is 127 cm³/mol. The number of rotatable bonds is 8. The summed E-state index contributed by atoms with van der Waals surface area (Å²) in [5, 5.41) is 7.11. The fourth-order valence-corrected chi connectivity index (χ4v) is 3.40. The highest BCUT2D eigenvalue weighted by molar-refractivity contribution is 6.08. The van der Waals surface area contributed by atoms with Crippen molar-refractivity contribution in [1.29, 1.82) is 0 Å². The number of hydrogen-bond acceptors (Lipinski definition) is 5. The van der Waals surface area contributed by atoms with E-state index >= 15 is 0 Å². The first-order valence-electron chi connectivity index (χ1n) is 10.8. The van der Waals surface area contributed by atoms with Gasteiger partial charge in [0.2, 0.25) is 0 Å². The predicted octanol–water partition coefficient (Wildman–Crippen LogP) is 5.93. The van der Waals surface area contributed by atoms with E-state index in [9.17, 15) is 4.79 Å². The molecule has 1 heterocycles. The summed E-state index contributed by atoms with van der Waals surface area (Å²) >= 11 is 0. The molecule has 0 spiro atoms. The van der Waals surface area contributed by atoms with Gasteiger partial charge < -0.3 is 13.9 Å². The van der Waals surface area contributed by atoms with Crippen molar-refractivity contribution in [2.75, 3.05) is 6.61 Å². The molecule has 1 aromatic heterocycles. The molecule has 1 N–H and O–H groups in total. The summed E-state index contributed by atoms with van der Waals surface area (Å²) in [4.78, 5) is 12.6. The number of hydrazone groups is 1. The average molecular weight is 431 g/mol. The Morgan fingerprint density at radius 2 is 1.91 bits per heavy atom. The van der Waals surface area contributed by atoms with Crippen LogP contribution in [0.15, 0.2) is 70.2 Å². The molecule has 6 heteroatoms. The summed E-state index contributed by atoms with van der Waals surface area (Å²) < 4.78 is 17.3. The number of amides is 1. The number of furan rings is 1. The van der Waals surface area contributed by atoms with Crippen LogP contribution in [0.3, 0.4) is 0 Å². The van der Waals surface area contributed by atoms with Crippen molar-refractivity contribution in [2.45, 2.75) is 33.3 Å².